The van der Waals surface area contributed by atoms with Gasteiger partial charge in [0, 0.05) is 0 Å². The summed E-state index contributed by atoms with van der Waals surface area (Å²) in [5.41, 5.74) is 0. The molecule has 78 valence electrons. The molecule has 1 atom stereocenters. The van der Waals surface area contributed by atoms with Crippen LogP contribution in [-0.2, 0) is 0 Å². The first-order chi connectivity index (χ1) is 6.02. The zero-order valence-electron chi connectivity index (χ0n) is 8.26. The van der Waals surface area contributed by atoms with Gasteiger partial charge < -0.3 is 5.11 Å². The molecule has 0 amide bonds. The molecule has 0 aromatic heterocycles. The molecular weight excluding hydrogens is 174 g/mol. The van der Waals surface area contributed by atoms with Crippen LogP contribution < -0.4 is 0 Å². The van der Waals surface area contributed by atoms with E-state index in [2.05, 4.69) is 13.8 Å². The van der Waals surface area contributed by atoms with Gasteiger partial charge in [0.25, 0.3) is 6.08 Å². The molecule has 0 fully saturated rings. The predicted octanol–water partition coefficient (Wildman–Crippen LogP) is 3.34. The summed E-state index contributed by atoms with van der Waals surface area (Å²) in [5, 5.41) is 9.34. The third-order valence-electron chi connectivity index (χ3n) is 1.88. The van der Waals surface area contributed by atoms with Crippen molar-refractivity contribution in [2.24, 2.45) is 5.92 Å². The second-order valence-corrected chi connectivity index (χ2v) is 3.70. The van der Waals surface area contributed by atoms with Crippen molar-refractivity contribution in [3.63, 3.8) is 0 Å². The Morgan fingerprint density at radius 3 is 2.31 bits per heavy atom. The quantitative estimate of drug-likeness (QED) is 0.684. The molecule has 0 aromatic carbocycles. The molecule has 0 aliphatic carbocycles. The standard InChI is InChI=1S/C10H18F2O/c1-8(2)6-7-9(13)4-3-5-10(11)12/h5,8-9,13H,3-4,6-7H2,1-2H3. The topological polar surface area (TPSA) is 20.2 Å². The van der Waals surface area contributed by atoms with Gasteiger partial charge in [-0.3, -0.25) is 0 Å². The molecule has 3 heteroatoms. The molecule has 0 saturated heterocycles. The molecule has 0 aromatic rings. The van der Waals surface area contributed by atoms with Gasteiger partial charge >= 0.3 is 0 Å². The van der Waals surface area contributed by atoms with E-state index in [0.29, 0.717) is 18.8 Å². The second kappa shape index (κ2) is 7.01. The van der Waals surface area contributed by atoms with Crippen molar-refractivity contribution < 1.29 is 13.9 Å². The van der Waals surface area contributed by atoms with E-state index in [4.69, 9.17) is 0 Å². The first-order valence-corrected chi connectivity index (χ1v) is 4.71. The number of hydrogen-bond donors (Lipinski definition) is 1. The minimum Gasteiger partial charge on any atom is -0.393 e. The summed E-state index contributed by atoms with van der Waals surface area (Å²) in [6.45, 7) is 4.15. The first kappa shape index (κ1) is 12.6. The first-order valence-electron chi connectivity index (χ1n) is 4.71. The van der Waals surface area contributed by atoms with Gasteiger partial charge in [-0.1, -0.05) is 13.8 Å². The SMILES string of the molecule is CC(C)CCC(O)CCC=C(F)F. The molecule has 0 heterocycles. The van der Waals surface area contributed by atoms with E-state index in [1.807, 2.05) is 0 Å². The zero-order valence-corrected chi connectivity index (χ0v) is 8.26. The van der Waals surface area contributed by atoms with E-state index in [1.54, 1.807) is 0 Å². The summed E-state index contributed by atoms with van der Waals surface area (Å²) in [7, 11) is 0. The van der Waals surface area contributed by atoms with Crippen molar-refractivity contribution >= 4 is 0 Å². The Morgan fingerprint density at radius 1 is 1.23 bits per heavy atom. The molecule has 0 radical (unpaired) electrons. The lowest BCUT2D eigenvalue weighted by Crippen LogP contribution is -2.07. The minimum atomic E-state index is -1.66. The van der Waals surface area contributed by atoms with Crippen LogP contribution in [0.5, 0.6) is 0 Å². The molecule has 1 nitrogen and oxygen atoms in total. The van der Waals surface area contributed by atoms with E-state index < -0.39 is 12.2 Å². The molecule has 0 rings (SSSR count). The third kappa shape index (κ3) is 9.47. The molecule has 1 N–H and O–H groups in total. The van der Waals surface area contributed by atoms with Crippen molar-refractivity contribution in [1.29, 1.82) is 0 Å². The summed E-state index contributed by atoms with van der Waals surface area (Å²) in [6, 6.07) is 0. The summed E-state index contributed by atoms with van der Waals surface area (Å²) in [6.07, 6.45) is 1.13. The Bertz CT molecular complexity index is 151. The number of hydrogen-bond acceptors (Lipinski definition) is 1. The van der Waals surface area contributed by atoms with E-state index in [0.717, 1.165) is 12.5 Å². The highest BCUT2D eigenvalue weighted by Gasteiger charge is 2.04. The Morgan fingerprint density at radius 2 is 1.85 bits per heavy atom. The Labute approximate surface area is 78.5 Å². The lowest BCUT2D eigenvalue weighted by Gasteiger charge is -2.10. The van der Waals surface area contributed by atoms with Crippen LogP contribution in [0.3, 0.4) is 0 Å². The highest BCUT2D eigenvalue weighted by Crippen LogP contribution is 2.11. The van der Waals surface area contributed by atoms with Gasteiger partial charge in [0.2, 0.25) is 0 Å². The molecule has 0 saturated carbocycles. The fraction of sp³-hybridized carbons (Fsp3) is 0.800. The fourth-order valence-corrected chi connectivity index (χ4v) is 1.05. The maximum atomic E-state index is 11.6. The maximum absolute atomic E-state index is 11.6. The average Bonchev–Trinajstić information content (AvgIpc) is 2.00. The van der Waals surface area contributed by atoms with Gasteiger partial charge in [0.15, 0.2) is 0 Å². The van der Waals surface area contributed by atoms with Gasteiger partial charge in [0.05, 0.1) is 6.10 Å². The van der Waals surface area contributed by atoms with E-state index in [9.17, 15) is 13.9 Å². The largest absolute Gasteiger partial charge is 0.393 e. The molecule has 13 heavy (non-hydrogen) atoms. The van der Waals surface area contributed by atoms with Crippen LogP contribution >= 0.6 is 0 Å². The Kier molecular flexibility index (Phi) is 6.77. The summed E-state index contributed by atoms with van der Waals surface area (Å²) in [4.78, 5) is 0. The van der Waals surface area contributed by atoms with Crippen LogP contribution in [-0.4, -0.2) is 11.2 Å². The van der Waals surface area contributed by atoms with Gasteiger partial charge in [-0.2, -0.15) is 8.78 Å². The summed E-state index contributed by atoms with van der Waals surface area (Å²) in [5.74, 6) is 0.558. The Balaban J connectivity index is 3.40. The summed E-state index contributed by atoms with van der Waals surface area (Å²) >= 11 is 0. The predicted molar refractivity (Wildman–Crippen MR) is 49.6 cm³/mol. The molecule has 0 aliphatic heterocycles. The van der Waals surface area contributed by atoms with Gasteiger partial charge in [-0.25, -0.2) is 0 Å². The molecule has 0 aliphatic rings. The van der Waals surface area contributed by atoms with Gasteiger partial charge in [-0.15, -0.1) is 0 Å². The fourth-order valence-electron chi connectivity index (χ4n) is 1.05. The van der Waals surface area contributed by atoms with Crippen LogP contribution in [0.25, 0.3) is 0 Å². The number of rotatable bonds is 6. The highest BCUT2D eigenvalue weighted by molar-refractivity contribution is 4.80. The Hall–Kier alpha value is -0.440. The van der Waals surface area contributed by atoms with Crippen molar-refractivity contribution in [3.05, 3.63) is 12.2 Å². The molecular formula is C10H18F2O. The number of halogens is 2. The normalized spacial score (nSPS) is 13.1. The van der Waals surface area contributed by atoms with Crippen LogP contribution in [0.15, 0.2) is 12.2 Å². The van der Waals surface area contributed by atoms with Crippen LogP contribution in [0.1, 0.15) is 39.5 Å². The molecule has 0 spiro atoms. The van der Waals surface area contributed by atoms with Crippen molar-refractivity contribution in [2.75, 3.05) is 0 Å². The minimum absolute atomic E-state index is 0.265. The van der Waals surface area contributed by atoms with Crippen LogP contribution in [0.4, 0.5) is 8.78 Å². The highest BCUT2D eigenvalue weighted by atomic mass is 19.3. The maximum Gasteiger partial charge on any atom is 0.266 e. The van der Waals surface area contributed by atoms with Crippen LogP contribution in [0, 0.1) is 5.92 Å². The molecule has 1 unspecified atom stereocenters. The van der Waals surface area contributed by atoms with Gasteiger partial charge in [-0.05, 0) is 37.7 Å². The van der Waals surface area contributed by atoms with E-state index >= 15 is 0 Å². The zero-order chi connectivity index (χ0) is 10.3. The van der Waals surface area contributed by atoms with Crippen LogP contribution in [0.2, 0.25) is 0 Å². The number of aliphatic hydroxyl groups is 1. The smallest absolute Gasteiger partial charge is 0.266 e. The van der Waals surface area contributed by atoms with Crippen molar-refractivity contribution in [2.45, 2.75) is 45.6 Å². The van der Waals surface area contributed by atoms with Crippen molar-refractivity contribution in [3.8, 4) is 0 Å². The lowest BCUT2D eigenvalue weighted by molar-refractivity contribution is 0.148. The lowest BCUT2D eigenvalue weighted by atomic mass is 10.0. The molecule has 0 bridgehead atoms. The monoisotopic (exact) mass is 192 g/mol. The van der Waals surface area contributed by atoms with Gasteiger partial charge in [0.1, 0.15) is 0 Å². The van der Waals surface area contributed by atoms with Crippen molar-refractivity contribution in [1.82, 2.24) is 0 Å². The number of allylic oxidation sites excluding steroid dienone is 1. The third-order valence-corrected chi connectivity index (χ3v) is 1.88. The van der Waals surface area contributed by atoms with E-state index in [-0.39, 0.29) is 6.42 Å². The summed E-state index contributed by atoms with van der Waals surface area (Å²) < 4.78 is 23.2. The average molecular weight is 192 g/mol. The second-order valence-electron chi connectivity index (χ2n) is 3.70. The van der Waals surface area contributed by atoms with E-state index in [1.165, 1.54) is 0 Å². The number of aliphatic hydroxyl groups excluding tert-OH is 1.